The van der Waals surface area contributed by atoms with Crippen LogP contribution in [0.15, 0.2) is 40.8 Å². The lowest BCUT2D eigenvalue weighted by atomic mass is 10.1. The molecule has 1 aromatic carbocycles. The summed E-state index contributed by atoms with van der Waals surface area (Å²) in [6, 6.07) is 8.46. The maximum absolute atomic E-state index is 12.4. The van der Waals surface area contributed by atoms with Crippen LogP contribution >= 0.6 is 0 Å². The fourth-order valence-electron chi connectivity index (χ4n) is 1.63. The van der Waals surface area contributed by atoms with Crippen LogP contribution in [0.1, 0.15) is 11.3 Å². The first-order chi connectivity index (χ1) is 8.50. The first kappa shape index (κ1) is 12.7. The average molecular weight is 255 g/mol. The highest BCUT2D eigenvalue weighted by Crippen LogP contribution is 2.31. The maximum Gasteiger partial charge on any atom is 0.416 e. The lowest BCUT2D eigenvalue weighted by Crippen LogP contribution is -2.04. The van der Waals surface area contributed by atoms with Crippen LogP contribution in [0.5, 0.6) is 0 Å². The molecule has 0 atom stereocenters. The van der Waals surface area contributed by atoms with Crippen LogP contribution < -0.4 is 5.32 Å². The Hall–Kier alpha value is -1.75. The second-order valence-corrected chi connectivity index (χ2v) is 3.87. The molecule has 0 radical (unpaired) electrons. The van der Waals surface area contributed by atoms with E-state index in [9.17, 15) is 13.2 Å². The van der Waals surface area contributed by atoms with E-state index in [2.05, 4.69) is 5.32 Å². The third-order valence-corrected chi connectivity index (χ3v) is 2.51. The van der Waals surface area contributed by atoms with Gasteiger partial charge in [-0.15, -0.1) is 0 Å². The minimum absolute atomic E-state index is 0.564. The van der Waals surface area contributed by atoms with Crippen molar-refractivity contribution < 1.29 is 17.6 Å². The summed E-state index contributed by atoms with van der Waals surface area (Å²) in [6.07, 6.45) is -4.31. The van der Waals surface area contributed by atoms with Crippen molar-refractivity contribution in [3.63, 3.8) is 0 Å². The molecule has 2 nitrogen and oxygen atoms in total. The molecular formula is C13H12F3NO. The third-order valence-electron chi connectivity index (χ3n) is 2.51. The Morgan fingerprint density at radius 1 is 1.06 bits per heavy atom. The van der Waals surface area contributed by atoms with E-state index >= 15 is 0 Å². The van der Waals surface area contributed by atoms with Crippen molar-refractivity contribution in [1.82, 2.24) is 5.32 Å². The van der Waals surface area contributed by atoms with Crippen LogP contribution in [0.25, 0.3) is 11.3 Å². The molecular weight excluding hydrogens is 243 g/mol. The molecule has 0 bridgehead atoms. The summed E-state index contributed by atoms with van der Waals surface area (Å²) < 4.78 is 42.7. The zero-order chi connectivity index (χ0) is 13.2. The van der Waals surface area contributed by atoms with Gasteiger partial charge in [0.05, 0.1) is 12.1 Å². The van der Waals surface area contributed by atoms with E-state index in [4.69, 9.17) is 4.42 Å². The van der Waals surface area contributed by atoms with Crippen LogP contribution in [0.3, 0.4) is 0 Å². The van der Waals surface area contributed by atoms with E-state index < -0.39 is 11.7 Å². The van der Waals surface area contributed by atoms with Gasteiger partial charge in [-0.25, -0.2) is 0 Å². The van der Waals surface area contributed by atoms with Gasteiger partial charge < -0.3 is 9.73 Å². The number of nitrogens with one attached hydrogen (secondary N) is 1. The van der Waals surface area contributed by atoms with Gasteiger partial charge in [-0.1, -0.05) is 12.1 Å². The van der Waals surface area contributed by atoms with Crippen molar-refractivity contribution in [2.75, 3.05) is 7.05 Å². The smallest absolute Gasteiger partial charge is 0.416 e. The van der Waals surface area contributed by atoms with Gasteiger partial charge >= 0.3 is 6.18 Å². The summed E-state index contributed by atoms with van der Waals surface area (Å²) in [5.74, 6) is 1.31. The van der Waals surface area contributed by atoms with Crippen LogP contribution in [-0.4, -0.2) is 7.05 Å². The standard InChI is InChI=1S/C13H12F3NO/c1-17-8-11-6-7-12(18-11)9-2-4-10(5-3-9)13(14,15)16/h2-7,17H,8H2,1H3. The van der Waals surface area contributed by atoms with Gasteiger partial charge in [-0.05, 0) is 31.3 Å². The van der Waals surface area contributed by atoms with Crippen molar-refractivity contribution in [2.24, 2.45) is 0 Å². The molecule has 1 heterocycles. The molecule has 0 aliphatic rings. The van der Waals surface area contributed by atoms with E-state index in [0.717, 1.165) is 17.9 Å². The van der Waals surface area contributed by atoms with Crippen molar-refractivity contribution in [2.45, 2.75) is 12.7 Å². The Labute approximate surface area is 102 Å². The summed E-state index contributed by atoms with van der Waals surface area (Å²) in [7, 11) is 1.79. The molecule has 18 heavy (non-hydrogen) atoms. The second-order valence-electron chi connectivity index (χ2n) is 3.87. The molecule has 0 saturated carbocycles. The molecule has 1 aromatic heterocycles. The Bertz CT molecular complexity index is 514. The first-order valence-electron chi connectivity index (χ1n) is 5.41. The largest absolute Gasteiger partial charge is 0.460 e. The number of alkyl halides is 3. The number of rotatable bonds is 3. The van der Waals surface area contributed by atoms with Crippen LogP contribution in [0.2, 0.25) is 0 Å². The molecule has 96 valence electrons. The van der Waals surface area contributed by atoms with Crippen LogP contribution in [0.4, 0.5) is 13.2 Å². The maximum atomic E-state index is 12.4. The number of halogens is 3. The van der Waals surface area contributed by atoms with Gasteiger partial charge in [0, 0.05) is 5.56 Å². The molecule has 0 spiro atoms. The van der Waals surface area contributed by atoms with E-state index in [1.54, 1.807) is 19.2 Å². The van der Waals surface area contributed by atoms with Gasteiger partial charge in [-0.3, -0.25) is 0 Å². The van der Waals surface area contributed by atoms with Gasteiger partial charge in [0.1, 0.15) is 11.5 Å². The summed E-state index contributed by atoms with van der Waals surface area (Å²) in [4.78, 5) is 0. The van der Waals surface area contributed by atoms with Gasteiger partial charge in [0.2, 0.25) is 0 Å². The minimum atomic E-state index is -4.31. The summed E-state index contributed by atoms with van der Waals surface area (Å²) >= 11 is 0. The molecule has 0 aliphatic carbocycles. The number of furan rings is 1. The van der Waals surface area contributed by atoms with Crippen molar-refractivity contribution in [3.05, 3.63) is 47.7 Å². The quantitative estimate of drug-likeness (QED) is 0.904. The monoisotopic (exact) mass is 255 g/mol. The lowest BCUT2D eigenvalue weighted by Gasteiger charge is -2.06. The predicted octanol–water partition coefficient (Wildman–Crippen LogP) is 3.68. The molecule has 0 amide bonds. The minimum Gasteiger partial charge on any atom is -0.460 e. The molecule has 2 rings (SSSR count). The van der Waals surface area contributed by atoms with Crippen LogP contribution in [0, 0.1) is 0 Å². The number of hydrogen-bond acceptors (Lipinski definition) is 2. The average Bonchev–Trinajstić information content (AvgIpc) is 2.77. The summed E-state index contributed by atoms with van der Waals surface area (Å²) in [6.45, 7) is 0.584. The molecule has 0 aliphatic heterocycles. The van der Waals surface area contributed by atoms with E-state index in [-0.39, 0.29) is 0 Å². The lowest BCUT2D eigenvalue weighted by molar-refractivity contribution is -0.137. The molecule has 0 fully saturated rings. The number of benzene rings is 1. The number of hydrogen-bond donors (Lipinski definition) is 1. The SMILES string of the molecule is CNCc1ccc(-c2ccc(C(F)(F)F)cc2)o1. The Morgan fingerprint density at radius 2 is 1.72 bits per heavy atom. The normalized spacial score (nSPS) is 11.8. The highest BCUT2D eigenvalue weighted by molar-refractivity contribution is 5.58. The molecule has 0 unspecified atom stereocenters. The van der Waals surface area contributed by atoms with Crippen molar-refractivity contribution in [3.8, 4) is 11.3 Å². The second kappa shape index (κ2) is 4.86. The predicted molar refractivity (Wildman–Crippen MR) is 61.9 cm³/mol. The van der Waals surface area contributed by atoms with Crippen molar-refractivity contribution >= 4 is 0 Å². The van der Waals surface area contributed by atoms with Gasteiger partial charge in [-0.2, -0.15) is 13.2 Å². The van der Waals surface area contributed by atoms with E-state index in [0.29, 0.717) is 17.9 Å². The molecule has 0 saturated heterocycles. The fraction of sp³-hybridized carbons (Fsp3) is 0.231. The van der Waals surface area contributed by atoms with Gasteiger partial charge in [0.25, 0.3) is 0 Å². The summed E-state index contributed by atoms with van der Waals surface area (Å²) in [5, 5.41) is 2.94. The Balaban J connectivity index is 2.23. The molecule has 1 N–H and O–H groups in total. The van der Waals surface area contributed by atoms with Gasteiger partial charge in [0.15, 0.2) is 0 Å². The zero-order valence-electron chi connectivity index (χ0n) is 9.71. The topological polar surface area (TPSA) is 25.2 Å². The Kier molecular flexibility index (Phi) is 3.43. The van der Waals surface area contributed by atoms with Crippen LogP contribution in [-0.2, 0) is 12.7 Å². The molecule has 5 heteroatoms. The fourth-order valence-corrected chi connectivity index (χ4v) is 1.63. The first-order valence-corrected chi connectivity index (χ1v) is 5.41. The van der Waals surface area contributed by atoms with E-state index in [1.807, 2.05) is 0 Å². The van der Waals surface area contributed by atoms with E-state index in [1.165, 1.54) is 12.1 Å². The summed E-state index contributed by atoms with van der Waals surface area (Å²) in [5.41, 5.74) is -0.0291. The van der Waals surface area contributed by atoms with Crippen molar-refractivity contribution in [1.29, 1.82) is 0 Å². The zero-order valence-corrected chi connectivity index (χ0v) is 9.71. The highest BCUT2D eigenvalue weighted by Gasteiger charge is 2.30. The molecule has 2 aromatic rings. The Morgan fingerprint density at radius 3 is 2.28 bits per heavy atom. The third kappa shape index (κ3) is 2.73. The highest BCUT2D eigenvalue weighted by atomic mass is 19.4.